The van der Waals surface area contributed by atoms with Crippen molar-refractivity contribution in [2.75, 3.05) is 20.6 Å². The minimum Gasteiger partial charge on any atom is -0.309 e. The maximum absolute atomic E-state index is 3.96. The standard InChI is InChI=1S/C9H14N2.ClH/c1-11(2)8-5-9-3-6-10-7-4-9;/h3-4,6-7H,5,8H2,1-2H3;1H. The molecule has 2 nitrogen and oxygen atoms in total. The van der Waals surface area contributed by atoms with Crippen LogP contribution in [-0.4, -0.2) is 30.5 Å². The molecule has 0 amide bonds. The van der Waals surface area contributed by atoms with Gasteiger partial charge in [-0.15, -0.1) is 12.4 Å². The highest BCUT2D eigenvalue weighted by atomic mass is 35.5. The molecule has 0 bridgehead atoms. The van der Waals surface area contributed by atoms with Gasteiger partial charge in [-0.05, 0) is 38.2 Å². The summed E-state index contributed by atoms with van der Waals surface area (Å²) >= 11 is 0. The number of likely N-dealkylation sites (N-methyl/N-ethyl adjacent to an activating group) is 1. The first kappa shape index (κ1) is 11.4. The largest absolute Gasteiger partial charge is 0.309 e. The van der Waals surface area contributed by atoms with E-state index in [-0.39, 0.29) is 12.4 Å². The molecule has 0 saturated carbocycles. The Bertz CT molecular complexity index is 199. The third-order valence-corrected chi connectivity index (χ3v) is 1.60. The zero-order valence-electron chi connectivity index (χ0n) is 7.53. The SMILES string of the molecule is CN(C)CCc1ccncc1.Cl. The number of halogens is 1. The lowest BCUT2D eigenvalue weighted by atomic mass is 10.2. The maximum Gasteiger partial charge on any atom is 0.0270 e. The van der Waals surface area contributed by atoms with Crippen molar-refractivity contribution in [2.24, 2.45) is 0 Å². The molecule has 1 heterocycles. The van der Waals surface area contributed by atoms with E-state index >= 15 is 0 Å². The summed E-state index contributed by atoms with van der Waals surface area (Å²) in [6.45, 7) is 1.10. The van der Waals surface area contributed by atoms with E-state index in [2.05, 4.69) is 36.1 Å². The monoisotopic (exact) mass is 186 g/mol. The maximum atomic E-state index is 3.96. The van der Waals surface area contributed by atoms with Gasteiger partial charge in [0, 0.05) is 18.9 Å². The van der Waals surface area contributed by atoms with Gasteiger partial charge in [-0.3, -0.25) is 4.98 Å². The average molecular weight is 187 g/mol. The molecule has 0 aliphatic heterocycles. The molecule has 0 aliphatic carbocycles. The highest BCUT2D eigenvalue weighted by Gasteiger charge is 1.92. The van der Waals surface area contributed by atoms with Crippen LogP contribution in [0.1, 0.15) is 5.56 Å². The molecule has 12 heavy (non-hydrogen) atoms. The Labute approximate surface area is 80.0 Å². The average Bonchev–Trinajstić information content (AvgIpc) is 2.03. The molecular formula is C9H15ClN2. The van der Waals surface area contributed by atoms with E-state index in [1.54, 1.807) is 0 Å². The third kappa shape index (κ3) is 4.31. The fraction of sp³-hybridized carbons (Fsp3) is 0.444. The second kappa shape index (κ2) is 5.98. The molecule has 1 rings (SSSR count). The van der Waals surface area contributed by atoms with Crippen molar-refractivity contribution in [3.8, 4) is 0 Å². The summed E-state index contributed by atoms with van der Waals surface area (Å²) in [6, 6.07) is 4.12. The first-order valence-corrected chi connectivity index (χ1v) is 3.82. The second-order valence-electron chi connectivity index (χ2n) is 2.91. The first-order valence-electron chi connectivity index (χ1n) is 3.82. The summed E-state index contributed by atoms with van der Waals surface area (Å²) in [4.78, 5) is 6.14. The van der Waals surface area contributed by atoms with Crippen LogP contribution in [0.2, 0.25) is 0 Å². The summed E-state index contributed by atoms with van der Waals surface area (Å²) in [5.41, 5.74) is 1.36. The van der Waals surface area contributed by atoms with Crippen LogP contribution in [0, 0.1) is 0 Å². The van der Waals surface area contributed by atoms with Crippen LogP contribution < -0.4 is 0 Å². The summed E-state index contributed by atoms with van der Waals surface area (Å²) in [5, 5.41) is 0. The van der Waals surface area contributed by atoms with Gasteiger partial charge in [-0.1, -0.05) is 0 Å². The van der Waals surface area contributed by atoms with E-state index in [1.807, 2.05) is 12.4 Å². The van der Waals surface area contributed by atoms with Crippen molar-refractivity contribution in [3.05, 3.63) is 30.1 Å². The summed E-state index contributed by atoms with van der Waals surface area (Å²) in [6.07, 6.45) is 4.78. The predicted molar refractivity (Wildman–Crippen MR) is 53.7 cm³/mol. The Hall–Kier alpha value is -0.600. The summed E-state index contributed by atoms with van der Waals surface area (Å²) < 4.78 is 0. The van der Waals surface area contributed by atoms with Crippen molar-refractivity contribution < 1.29 is 0 Å². The zero-order chi connectivity index (χ0) is 8.10. The van der Waals surface area contributed by atoms with E-state index in [0.29, 0.717) is 0 Å². The smallest absolute Gasteiger partial charge is 0.0270 e. The molecule has 0 unspecified atom stereocenters. The number of rotatable bonds is 3. The molecule has 0 atom stereocenters. The van der Waals surface area contributed by atoms with Crippen LogP contribution in [0.5, 0.6) is 0 Å². The van der Waals surface area contributed by atoms with E-state index in [4.69, 9.17) is 0 Å². The predicted octanol–water partition coefficient (Wildman–Crippen LogP) is 1.61. The van der Waals surface area contributed by atoms with E-state index in [1.165, 1.54) is 5.56 Å². The molecular weight excluding hydrogens is 172 g/mol. The molecule has 0 saturated heterocycles. The fourth-order valence-corrected chi connectivity index (χ4v) is 0.902. The molecule has 3 heteroatoms. The number of nitrogens with zero attached hydrogens (tertiary/aromatic N) is 2. The van der Waals surface area contributed by atoms with Crippen LogP contribution in [0.4, 0.5) is 0 Å². The molecule has 0 spiro atoms. The fourth-order valence-electron chi connectivity index (χ4n) is 0.902. The van der Waals surface area contributed by atoms with Gasteiger partial charge in [0.05, 0.1) is 0 Å². The number of aromatic nitrogens is 1. The van der Waals surface area contributed by atoms with E-state index in [0.717, 1.165) is 13.0 Å². The topological polar surface area (TPSA) is 16.1 Å². The van der Waals surface area contributed by atoms with Crippen LogP contribution in [-0.2, 0) is 6.42 Å². The van der Waals surface area contributed by atoms with Gasteiger partial charge in [0.1, 0.15) is 0 Å². The van der Waals surface area contributed by atoms with Crippen molar-refractivity contribution in [2.45, 2.75) is 6.42 Å². The molecule has 1 aromatic heterocycles. The molecule has 0 N–H and O–H groups in total. The van der Waals surface area contributed by atoms with Gasteiger partial charge in [-0.2, -0.15) is 0 Å². The van der Waals surface area contributed by atoms with E-state index in [9.17, 15) is 0 Å². The van der Waals surface area contributed by atoms with Gasteiger partial charge in [0.2, 0.25) is 0 Å². The van der Waals surface area contributed by atoms with Crippen LogP contribution >= 0.6 is 12.4 Å². The highest BCUT2D eigenvalue weighted by molar-refractivity contribution is 5.85. The van der Waals surface area contributed by atoms with Gasteiger partial charge in [0.25, 0.3) is 0 Å². The lowest BCUT2D eigenvalue weighted by molar-refractivity contribution is 0.413. The van der Waals surface area contributed by atoms with Gasteiger partial charge in [-0.25, -0.2) is 0 Å². The Balaban J connectivity index is 0.00000121. The van der Waals surface area contributed by atoms with Crippen molar-refractivity contribution >= 4 is 12.4 Å². The lowest BCUT2D eigenvalue weighted by Gasteiger charge is -2.08. The Morgan fingerprint density at radius 3 is 2.33 bits per heavy atom. The molecule has 68 valence electrons. The molecule has 0 aliphatic rings. The molecule has 0 radical (unpaired) electrons. The van der Waals surface area contributed by atoms with Crippen molar-refractivity contribution in [3.63, 3.8) is 0 Å². The van der Waals surface area contributed by atoms with Crippen LogP contribution in [0.3, 0.4) is 0 Å². The molecule has 0 fully saturated rings. The molecule has 1 aromatic rings. The minimum absolute atomic E-state index is 0. The Kier molecular flexibility index (Phi) is 5.68. The van der Waals surface area contributed by atoms with Crippen molar-refractivity contribution in [1.29, 1.82) is 0 Å². The number of hydrogen-bond donors (Lipinski definition) is 0. The quantitative estimate of drug-likeness (QED) is 0.713. The second-order valence-corrected chi connectivity index (χ2v) is 2.91. The summed E-state index contributed by atoms with van der Waals surface area (Å²) in [7, 11) is 4.17. The third-order valence-electron chi connectivity index (χ3n) is 1.60. The van der Waals surface area contributed by atoms with Crippen molar-refractivity contribution in [1.82, 2.24) is 9.88 Å². The van der Waals surface area contributed by atoms with Gasteiger partial charge >= 0.3 is 0 Å². The van der Waals surface area contributed by atoms with E-state index < -0.39 is 0 Å². The van der Waals surface area contributed by atoms with Gasteiger partial charge < -0.3 is 4.90 Å². The van der Waals surface area contributed by atoms with Crippen LogP contribution in [0.25, 0.3) is 0 Å². The lowest BCUT2D eigenvalue weighted by Crippen LogP contribution is -2.14. The van der Waals surface area contributed by atoms with Gasteiger partial charge in [0.15, 0.2) is 0 Å². The number of hydrogen-bond acceptors (Lipinski definition) is 2. The normalized spacial score (nSPS) is 9.58. The zero-order valence-corrected chi connectivity index (χ0v) is 8.34. The molecule has 0 aromatic carbocycles. The first-order chi connectivity index (χ1) is 5.29. The Morgan fingerprint density at radius 1 is 1.25 bits per heavy atom. The highest BCUT2D eigenvalue weighted by Crippen LogP contribution is 1.97. The number of pyridine rings is 1. The Morgan fingerprint density at radius 2 is 1.83 bits per heavy atom. The van der Waals surface area contributed by atoms with Crippen LogP contribution in [0.15, 0.2) is 24.5 Å². The minimum atomic E-state index is 0. The summed E-state index contributed by atoms with van der Waals surface area (Å²) in [5.74, 6) is 0.